The summed E-state index contributed by atoms with van der Waals surface area (Å²) in [5.41, 5.74) is 0.991. The van der Waals surface area contributed by atoms with Crippen molar-refractivity contribution in [3.05, 3.63) is 29.6 Å². The summed E-state index contributed by atoms with van der Waals surface area (Å²) >= 11 is 0. The molecule has 0 aromatic heterocycles. The zero-order valence-electron chi connectivity index (χ0n) is 10.0. The van der Waals surface area contributed by atoms with Gasteiger partial charge in [-0.3, -0.25) is 4.79 Å². The third-order valence-corrected chi connectivity index (χ3v) is 3.27. The Morgan fingerprint density at radius 1 is 1.29 bits per heavy atom. The monoisotopic (exact) mass is 236 g/mol. The molecule has 0 radical (unpaired) electrons. The molecule has 4 heteroatoms. The van der Waals surface area contributed by atoms with E-state index >= 15 is 0 Å². The van der Waals surface area contributed by atoms with Crippen LogP contribution in [0.2, 0.25) is 0 Å². The number of hydrogen-bond donors (Lipinski definition) is 0. The molecular weight excluding hydrogens is 219 g/mol. The fourth-order valence-electron chi connectivity index (χ4n) is 2.16. The van der Waals surface area contributed by atoms with Crippen LogP contribution in [0.1, 0.15) is 17.3 Å². The Morgan fingerprint density at radius 2 is 2.00 bits per heavy atom. The van der Waals surface area contributed by atoms with Gasteiger partial charge in [-0.15, -0.1) is 0 Å². The molecule has 1 saturated heterocycles. The van der Waals surface area contributed by atoms with E-state index < -0.39 is 0 Å². The van der Waals surface area contributed by atoms with E-state index in [0.717, 1.165) is 32.7 Å². The molecule has 0 aliphatic carbocycles. The van der Waals surface area contributed by atoms with E-state index in [0.29, 0.717) is 17.5 Å². The molecule has 0 amide bonds. The fourth-order valence-corrected chi connectivity index (χ4v) is 2.16. The molecule has 0 spiro atoms. The smallest absolute Gasteiger partial charge is 0.150 e. The molecule has 1 aliphatic heterocycles. The molecule has 1 fully saturated rings. The van der Waals surface area contributed by atoms with Crippen molar-refractivity contribution in [2.24, 2.45) is 0 Å². The standard InChI is InChI=1S/C13H17FN2O/c1-2-15-5-7-16(8-6-15)13-4-3-11(10-17)9-12(13)14/h3-4,9-10H,2,5-8H2,1H3. The zero-order valence-corrected chi connectivity index (χ0v) is 10.0. The van der Waals surface area contributed by atoms with E-state index in [1.807, 2.05) is 4.90 Å². The summed E-state index contributed by atoms with van der Waals surface area (Å²) in [6.07, 6.45) is 0.669. The third-order valence-electron chi connectivity index (χ3n) is 3.27. The number of carbonyl (C=O) groups is 1. The van der Waals surface area contributed by atoms with E-state index in [1.54, 1.807) is 12.1 Å². The van der Waals surface area contributed by atoms with Crippen molar-refractivity contribution >= 4 is 12.0 Å². The molecule has 2 rings (SSSR count). The van der Waals surface area contributed by atoms with Crippen LogP contribution in [0, 0.1) is 5.82 Å². The van der Waals surface area contributed by atoms with Crippen LogP contribution in [0.15, 0.2) is 18.2 Å². The molecule has 17 heavy (non-hydrogen) atoms. The lowest BCUT2D eigenvalue weighted by Crippen LogP contribution is -2.46. The van der Waals surface area contributed by atoms with Gasteiger partial charge in [-0.05, 0) is 24.7 Å². The summed E-state index contributed by atoms with van der Waals surface area (Å²) in [5.74, 6) is -0.306. The molecule has 1 aliphatic rings. The maximum Gasteiger partial charge on any atom is 0.150 e. The highest BCUT2D eigenvalue weighted by molar-refractivity contribution is 5.76. The second-order valence-corrected chi connectivity index (χ2v) is 4.25. The molecule has 0 N–H and O–H groups in total. The summed E-state index contributed by atoms with van der Waals surface area (Å²) in [4.78, 5) is 14.9. The maximum absolute atomic E-state index is 13.8. The SMILES string of the molecule is CCN1CCN(c2ccc(C=O)cc2F)CC1. The number of piperazine rings is 1. The first kappa shape index (κ1) is 12.0. The van der Waals surface area contributed by atoms with Crippen LogP contribution in [-0.4, -0.2) is 43.9 Å². The first-order valence-corrected chi connectivity index (χ1v) is 5.96. The second-order valence-electron chi connectivity index (χ2n) is 4.25. The highest BCUT2D eigenvalue weighted by Gasteiger charge is 2.18. The number of carbonyl (C=O) groups excluding carboxylic acids is 1. The molecule has 0 bridgehead atoms. The van der Waals surface area contributed by atoms with Gasteiger partial charge >= 0.3 is 0 Å². The summed E-state index contributed by atoms with van der Waals surface area (Å²) < 4.78 is 13.8. The number of benzene rings is 1. The van der Waals surface area contributed by atoms with Gasteiger partial charge in [0.25, 0.3) is 0 Å². The van der Waals surface area contributed by atoms with Gasteiger partial charge in [0.2, 0.25) is 0 Å². The quantitative estimate of drug-likeness (QED) is 0.747. The first-order valence-electron chi connectivity index (χ1n) is 5.96. The molecule has 1 aromatic carbocycles. The van der Waals surface area contributed by atoms with Gasteiger partial charge < -0.3 is 9.80 Å². The van der Waals surface area contributed by atoms with Gasteiger partial charge in [0.1, 0.15) is 12.1 Å². The topological polar surface area (TPSA) is 23.6 Å². The van der Waals surface area contributed by atoms with Crippen LogP contribution in [0.5, 0.6) is 0 Å². The van der Waals surface area contributed by atoms with Crippen LogP contribution in [-0.2, 0) is 0 Å². The lowest BCUT2D eigenvalue weighted by molar-refractivity contribution is 0.112. The van der Waals surface area contributed by atoms with Gasteiger partial charge in [-0.25, -0.2) is 4.39 Å². The molecule has 0 unspecified atom stereocenters. The van der Waals surface area contributed by atoms with Gasteiger partial charge in [-0.2, -0.15) is 0 Å². The number of aldehydes is 1. The van der Waals surface area contributed by atoms with E-state index in [-0.39, 0.29) is 5.82 Å². The Balaban J connectivity index is 2.10. The molecule has 0 saturated carbocycles. The molecule has 1 heterocycles. The van der Waals surface area contributed by atoms with Crippen molar-refractivity contribution in [1.82, 2.24) is 4.90 Å². The summed E-state index contributed by atoms with van der Waals surface area (Å²) in [6, 6.07) is 4.66. The predicted molar refractivity (Wildman–Crippen MR) is 66.1 cm³/mol. The number of rotatable bonds is 3. The van der Waals surface area contributed by atoms with Crippen LogP contribution in [0.4, 0.5) is 10.1 Å². The summed E-state index contributed by atoms with van der Waals surface area (Å²) in [5, 5.41) is 0. The molecule has 92 valence electrons. The van der Waals surface area contributed by atoms with Crippen LogP contribution in [0.3, 0.4) is 0 Å². The van der Waals surface area contributed by atoms with Gasteiger partial charge in [0, 0.05) is 31.7 Å². The highest BCUT2D eigenvalue weighted by atomic mass is 19.1. The van der Waals surface area contributed by atoms with Crippen molar-refractivity contribution in [2.45, 2.75) is 6.92 Å². The summed E-state index contributed by atoms with van der Waals surface area (Å²) in [7, 11) is 0. The highest BCUT2D eigenvalue weighted by Crippen LogP contribution is 2.21. The average molecular weight is 236 g/mol. The number of nitrogens with zero attached hydrogens (tertiary/aromatic N) is 2. The second kappa shape index (κ2) is 5.27. The van der Waals surface area contributed by atoms with E-state index in [4.69, 9.17) is 0 Å². The Labute approximate surface area is 101 Å². The Hall–Kier alpha value is -1.42. The van der Waals surface area contributed by atoms with E-state index in [9.17, 15) is 9.18 Å². The van der Waals surface area contributed by atoms with Crippen molar-refractivity contribution in [2.75, 3.05) is 37.6 Å². The predicted octanol–water partition coefficient (Wildman–Crippen LogP) is 1.78. The first-order chi connectivity index (χ1) is 8.24. The van der Waals surface area contributed by atoms with Crippen molar-refractivity contribution in [3.63, 3.8) is 0 Å². The Kier molecular flexibility index (Phi) is 3.74. The fraction of sp³-hybridized carbons (Fsp3) is 0.462. The van der Waals surface area contributed by atoms with Crippen LogP contribution >= 0.6 is 0 Å². The summed E-state index contributed by atoms with van der Waals surface area (Å²) in [6.45, 7) is 6.78. The molecule has 0 atom stereocenters. The maximum atomic E-state index is 13.8. The molecule has 1 aromatic rings. The zero-order chi connectivity index (χ0) is 12.3. The lowest BCUT2D eigenvalue weighted by atomic mass is 10.2. The van der Waals surface area contributed by atoms with E-state index in [1.165, 1.54) is 6.07 Å². The Bertz CT molecular complexity index is 400. The van der Waals surface area contributed by atoms with Crippen molar-refractivity contribution in [3.8, 4) is 0 Å². The van der Waals surface area contributed by atoms with E-state index in [2.05, 4.69) is 11.8 Å². The average Bonchev–Trinajstić information content (AvgIpc) is 2.39. The van der Waals surface area contributed by atoms with Crippen molar-refractivity contribution < 1.29 is 9.18 Å². The van der Waals surface area contributed by atoms with Crippen LogP contribution in [0.25, 0.3) is 0 Å². The largest absolute Gasteiger partial charge is 0.367 e. The number of anilines is 1. The minimum atomic E-state index is -0.306. The molecular formula is C13H17FN2O. The lowest BCUT2D eigenvalue weighted by Gasteiger charge is -2.35. The minimum absolute atomic E-state index is 0.306. The normalized spacial score (nSPS) is 17.2. The van der Waals surface area contributed by atoms with Gasteiger partial charge in [0.05, 0.1) is 5.69 Å². The van der Waals surface area contributed by atoms with Gasteiger partial charge in [0.15, 0.2) is 0 Å². The molecule has 3 nitrogen and oxygen atoms in total. The number of halogens is 1. The number of likely N-dealkylation sites (N-methyl/N-ethyl adjacent to an activating group) is 1. The third kappa shape index (κ3) is 2.64. The number of hydrogen-bond acceptors (Lipinski definition) is 3. The van der Waals surface area contributed by atoms with Gasteiger partial charge in [-0.1, -0.05) is 6.92 Å². The van der Waals surface area contributed by atoms with Crippen molar-refractivity contribution in [1.29, 1.82) is 0 Å². The minimum Gasteiger partial charge on any atom is -0.367 e. The van der Waals surface area contributed by atoms with Crippen LogP contribution < -0.4 is 4.90 Å². The Morgan fingerprint density at radius 3 is 2.53 bits per heavy atom.